The van der Waals surface area contributed by atoms with E-state index in [1.807, 2.05) is 24.4 Å². The van der Waals surface area contributed by atoms with Crippen molar-refractivity contribution in [3.8, 4) is 17.4 Å². The first-order valence-corrected chi connectivity index (χ1v) is 7.92. The first-order valence-electron chi connectivity index (χ1n) is 7.92. The number of fused-ring (bicyclic) bond motifs is 1. The van der Waals surface area contributed by atoms with E-state index < -0.39 is 5.97 Å². The zero-order valence-electron chi connectivity index (χ0n) is 12.9. The van der Waals surface area contributed by atoms with Crippen molar-refractivity contribution in [3.05, 3.63) is 41.7 Å². The summed E-state index contributed by atoms with van der Waals surface area (Å²) in [6.45, 7) is 0. The summed E-state index contributed by atoms with van der Waals surface area (Å²) in [6, 6.07) is 9.80. The summed E-state index contributed by atoms with van der Waals surface area (Å²) >= 11 is 0. The Balaban J connectivity index is 1.82. The van der Waals surface area contributed by atoms with Crippen LogP contribution in [0.3, 0.4) is 0 Å². The molecule has 0 amide bonds. The molecule has 2 aromatic heterocycles. The van der Waals surface area contributed by atoms with E-state index in [-0.39, 0.29) is 5.69 Å². The highest BCUT2D eigenvalue weighted by atomic mass is 16.5. The molecule has 0 atom stereocenters. The lowest BCUT2D eigenvalue weighted by Gasteiger charge is -2.13. The fourth-order valence-electron chi connectivity index (χ4n) is 3.49. The van der Waals surface area contributed by atoms with Gasteiger partial charge in [-0.3, -0.25) is 0 Å². The van der Waals surface area contributed by atoms with E-state index in [0.29, 0.717) is 22.9 Å². The SMILES string of the molecule is N#Cc1cn(C2CCCC2)c2ccc(-c3cc(C(=O)O)no3)cc12. The number of aromatic nitrogens is 2. The van der Waals surface area contributed by atoms with Gasteiger partial charge in [-0.15, -0.1) is 0 Å². The smallest absolute Gasteiger partial charge is 0.358 e. The number of carboxylic acid groups (broad SMARTS) is 1. The summed E-state index contributed by atoms with van der Waals surface area (Å²) in [6.07, 6.45) is 6.65. The molecule has 1 fully saturated rings. The average molecular weight is 321 g/mol. The van der Waals surface area contributed by atoms with Crippen molar-refractivity contribution >= 4 is 16.9 Å². The highest BCUT2D eigenvalue weighted by Crippen LogP contribution is 2.35. The minimum atomic E-state index is -1.13. The van der Waals surface area contributed by atoms with Crippen molar-refractivity contribution in [1.29, 1.82) is 5.26 Å². The number of benzene rings is 1. The minimum absolute atomic E-state index is 0.130. The maximum atomic E-state index is 10.9. The molecule has 120 valence electrons. The number of aromatic carboxylic acids is 1. The molecule has 1 aliphatic rings. The quantitative estimate of drug-likeness (QED) is 0.787. The average Bonchev–Trinajstić information content (AvgIpc) is 3.32. The van der Waals surface area contributed by atoms with Gasteiger partial charge in [-0.1, -0.05) is 18.0 Å². The number of hydrogen-bond donors (Lipinski definition) is 1. The van der Waals surface area contributed by atoms with Crippen molar-refractivity contribution in [2.45, 2.75) is 31.7 Å². The molecule has 0 unspecified atom stereocenters. The van der Waals surface area contributed by atoms with Crippen LogP contribution < -0.4 is 0 Å². The Morgan fingerprint density at radius 2 is 2.12 bits per heavy atom. The Kier molecular flexibility index (Phi) is 3.35. The minimum Gasteiger partial charge on any atom is -0.476 e. The first-order chi connectivity index (χ1) is 11.7. The van der Waals surface area contributed by atoms with Crippen LogP contribution >= 0.6 is 0 Å². The second kappa shape index (κ2) is 5.53. The van der Waals surface area contributed by atoms with Crippen LogP contribution in [0.5, 0.6) is 0 Å². The van der Waals surface area contributed by atoms with Crippen LogP contribution in [0.1, 0.15) is 47.8 Å². The molecule has 6 heteroatoms. The first kappa shape index (κ1) is 14.5. The topological polar surface area (TPSA) is 92.0 Å². The maximum Gasteiger partial charge on any atom is 0.358 e. The van der Waals surface area contributed by atoms with Gasteiger partial charge in [-0.2, -0.15) is 5.26 Å². The van der Waals surface area contributed by atoms with Crippen LogP contribution in [0.15, 0.2) is 35.0 Å². The second-order valence-electron chi connectivity index (χ2n) is 6.11. The van der Waals surface area contributed by atoms with Crippen LogP contribution in [0.25, 0.3) is 22.2 Å². The Morgan fingerprint density at radius 3 is 2.79 bits per heavy atom. The number of nitrogens with zero attached hydrogens (tertiary/aromatic N) is 3. The van der Waals surface area contributed by atoms with Crippen molar-refractivity contribution in [1.82, 2.24) is 9.72 Å². The van der Waals surface area contributed by atoms with Gasteiger partial charge in [0.1, 0.15) is 6.07 Å². The van der Waals surface area contributed by atoms with Gasteiger partial charge in [0, 0.05) is 34.8 Å². The Bertz CT molecular complexity index is 971. The van der Waals surface area contributed by atoms with Crippen LogP contribution in [0.4, 0.5) is 0 Å². The van der Waals surface area contributed by atoms with E-state index in [1.54, 1.807) is 0 Å². The molecule has 0 saturated heterocycles. The predicted octanol–water partition coefficient (Wildman–Crippen LogP) is 3.98. The lowest BCUT2D eigenvalue weighted by Crippen LogP contribution is -2.02. The van der Waals surface area contributed by atoms with Gasteiger partial charge in [-0.25, -0.2) is 4.79 Å². The third-order valence-corrected chi connectivity index (χ3v) is 4.69. The molecule has 1 aromatic carbocycles. The number of hydrogen-bond acceptors (Lipinski definition) is 4. The van der Waals surface area contributed by atoms with Crippen LogP contribution in [0, 0.1) is 11.3 Å². The van der Waals surface area contributed by atoms with Crippen LogP contribution in [-0.2, 0) is 0 Å². The third kappa shape index (κ3) is 2.26. The Morgan fingerprint density at radius 1 is 1.33 bits per heavy atom. The zero-order chi connectivity index (χ0) is 16.7. The van der Waals surface area contributed by atoms with Gasteiger partial charge in [0.2, 0.25) is 0 Å². The second-order valence-corrected chi connectivity index (χ2v) is 6.11. The normalized spacial score (nSPS) is 15.0. The van der Waals surface area contributed by atoms with Crippen LogP contribution in [-0.4, -0.2) is 20.8 Å². The summed E-state index contributed by atoms with van der Waals surface area (Å²) in [5, 5.41) is 22.8. The van der Waals surface area contributed by atoms with Crippen molar-refractivity contribution < 1.29 is 14.4 Å². The lowest BCUT2D eigenvalue weighted by atomic mass is 10.1. The van der Waals surface area contributed by atoms with Crippen LogP contribution in [0.2, 0.25) is 0 Å². The van der Waals surface area contributed by atoms with E-state index in [4.69, 9.17) is 9.63 Å². The number of nitriles is 1. The molecule has 3 aromatic rings. The molecule has 24 heavy (non-hydrogen) atoms. The summed E-state index contributed by atoms with van der Waals surface area (Å²) in [4.78, 5) is 10.9. The molecule has 0 aliphatic heterocycles. The zero-order valence-corrected chi connectivity index (χ0v) is 12.9. The highest BCUT2D eigenvalue weighted by molar-refractivity contribution is 5.91. The molecule has 6 nitrogen and oxygen atoms in total. The molecule has 4 rings (SSSR count). The predicted molar refractivity (Wildman–Crippen MR) is 86.6 cm³/mol. The maximum absolute atomic E-state index is 10.9. The van der Waals surface area contributed by atoms with E-state index in [1.165, 1.54) is 18.9 Å². The molecule has 0 radical (unpaired) electrons. The summed E-state index contributed by atoms with van der Waals surface area (Å²) in [7, 11) is 0. The summed E-state index contributed by atoms with van der Waals surface area (Å²) < 4.78 is 7.32. The molecule has 1 aliphatic carbocycles. The molecule has 1 N–H and O–H groups in total. The molecular formula is C18H15N3O3. The Hall–Kier alpha value is -3.07. The summed E-state index contributed by atoms with van der Waals surface area (Å²) in [5.74, 6) is -0.747. The molecule has 0 bridgehead atoms. The summed E-state index contributed by atoms with van der Waals surface area (Å²) in [5.41, 5.74) is 2.23. The van der Waals surface area contributed by atoms with Crippen molar-refractivity contribution in [3.63, 3.8) is 0 Å². The monoisotopic (exact) mass is 321 g/mol. The fraction of sp³-hybridized carbons (Fsp3) is 0.278. The van der Waals surface area contributed by atoms with Gasteiger partial charge in [-0.05, 0) is 31.0 Å². The van der Waals surface area contributed by atoms with E-state index in [0.717, 1.165) is 23.7 Å². The fourth-order valence-corrected chi connectivity index (χ4v) is 3.49. The largest absolute Gasteiger partial charge is 0.476 e. The van der Waals surface area contributed by atoms with E-state index in [2.05, 4.69) is 15.8 Å². The van der Waals surface area contributed by atoms with E-state index >= 15 is 0 Å². The van der Waals surface area contributed by atoms with Crippen molar-refractivity contribution in [2.24, 2.45) is 0 Å². The molecule has 2 heterocycles. The van der Waals surface area contributed by atoms with Gasteiger partial charge in [0.25, 0.3) is 0 Å². The van der Waals surface area contributed by atoms with Gasteiger partial charge >= 0.3 is 5.97 Å². The van der Waals surface area contributed by atoms with Gasteiger partial charge in [0.05, 0.1) is 5.56 Å². The number of carbonyl (C=O) groups is 1. The highest BCUT2D eigenvalue weighted by Gasteiger charge is 2.21. The number of rotatable bonds is 3. The third-order valence-electron chi connectivity index (χ3n) is 4.69. The standard InChI is InChI=1S/C18H15N3O3/c19-9-12-10-21(13-3-1-2-4-13)16-6-5-11(7-14(12)16)17-8-15(18(22)23)20-24-17/h5-8,10,13H,1-4H2,(H,22,23). The Labute approximate surface area is 137 Å². The number of carboxylic acids is 1. The molecular weight excluding hydrogens is 306 g/mol. The molecule has 1 saturated carbocycles. The van der Waals surface area contributed by atoms with Gasteiger partial charge < -0.3 is 14.2 Å². The molecule has 0 spiro atoms. The van der Waals surface area contributed by atoms with Crippen molar-refractivity contribution in [2.75, 3.05) is 0 Å². The lowest BCUT2D eigenvalue weighted by molar-refractivity contribution is 0.0686. The van der Waals surface area contributed by atoms with Gasteiger partial charge in [0.15, 0.2) is 11.5 Å². The van der Waals surface area contributed by atoms with E-state index in [9.17, 15) is 10.1 Å².